The molecule has 150 valence electrons. The molecule has 0 atom stereocenters. The first-order chi connectivity index (χ1) is 15.2. The van der Waals surface area contributed by atoms with E-state index in [0.717, 1.165) is 45.0 Å². The zero-order valence-corrected chi connectivity index (χ0v) is 16.8. The molecule has 2 N–H and O–H groups in total. The molecule has 0 aliphatic carbocycles. The van der Waals surface area contributed by atoms with Gasteiger partial charge in [0.25, 0.3) is 0 Å². The zero-order chi connectivity index (χ0) is 21.0. The van der Waals surface area contributed by atoms with Crippen molar-refractivity contribution in [2.75, 3.05) is 5.73 Å². The number of rotatable bonds is 5. The lowest BCUT2D eigenvalue weighted by Crippen LogP contribution is -2.03. The summed E-state index contributed by atoms with van der Waals surface area (Å²) in [6.07, 6.45) is 0.643. The van der Waals surface area contributed by atoms with Gasteiger partial charge in [0.05, 0.1) is 16.9 Å². The van der Waals surface area contributed by atoms with Crippen molar-refractivity contribution in [1.29, 1.82) is 0 Å². The van der Waals surface area contributed by atoms with Crippen molar-refractivity contribution in [2.24, 2.45) is 0 Å². The van der Waals surface area contributed by atoms with Crippen LogP contribution in [0.25, 0.3) is 22.3 Å². The van der Waals surface area contributed by atoms with E-state index in [-0.39, 0.29) is 5.95 Å². The van der Waals surface area contributed by atoms with Crippen molar-refractivity contribution in [3.63, 3.8) is 0 Å². The zero-order valence-electron chi connectivity index (χ0n) is 16.8. The Hall–Kier alpha value is -4.25. The molecule has 5 aromatic rings. The number of nitrogens with zero attached hydrogens (tertiary/aromatic N) is 3. The average molecular weight is 404 g/mol. The highest BCUT2D eigenvalue weighted by molar-refractivity contribution is 5.81. The quantitative estimate of drug-likeness (QED) is 0.409. The van der Waals surface area contributed by atoms with Crippen molar-refractivity contribution in [3.8, 4) is 22.8 Å². The molecule has 5 nitrogen and oxygen atoms in total. The minimum absolute atomic E-state index is 0.260. The number of hydrogen-bond acceptors (Lipinski definition) is 5. The number of ether oxygens (including phenoxy) is 1. The van der Waals surface area contributed by atoms with Gasteiger partial charge in [0.1, 0.15) is 17.0 Å². The fraction of sp³-hybridized carbons (Fsp3) is 0.0385. The molecule has 0 saturated heterocycles. The summed E-state index contributed by atoms with van der Waals surface area (Å²) in [7, 11) is 0. The van der Waals surface area contributed by atoms with E-state index in [1.165, 1.54) is 0 Å². The molecule has 2 aromatic heterocycles. The van der Waals surface area contributed by atoms with E-state index in [9.17, 15) is 0 Å². The summed E-state index contributed by atoms with van der Waals surface area (Å²) in [6.45, 7) is 0. The van der Waals surface area contributed by atoms with Crippen LogP contribution in [0.3, 0.4) is 0 Å². The number of anilines is 1. The second-order valence-corrected chi connectivity index (χ2v) is 7.19. The van der Waals surface area contributed by atoms with Gasteiger partial charge in [0.15, 0.2) is 0 Å². The Balaban J connectivity index is 1.47. The van der Waals surface area contributed by atoms with Crippen LogP contribution in [0.4, 0.5) is 5.95 Å². The molecule has 0 spiro atoms. The Morgan fingerprint density at radius 2 is 1.32 bits per heavy atom. The van der Waals surface area contributed by atoms with Gasteiger partial charge in [0.2, 0.25) is 5.95 Å². The van der Waals surface area contributed by atoms with E-state index >= 15 is 0 Å². The Labute approximate surface area is 180 Å². The summed E-state index contributed by atoms with van der Waals surface area (Å²) in [5, 5.41) is 0. The number of nitrogens with two attached hydrogens (primary N) is 1. The standard InChI is InChI=1S/C26H20N4O/c27-26-29-23-16-15-22(28-25(23)24(30-26)17-18-7-3-1-4-8-18)19-11-13-21(14-12-19)31-20-9-5-2-6-10-20/h1-16H,17H2,(H2,27,29,30). The molecule has 0 saturated carbocycles. The Kier molecular flexibility index (Phi) is 4.99. The highest BCUT2D eigenvalue weighted by atomic mass is 16.5. The van der Waals surface area contributed by atoms with Gasteiger partial charge in [-0.15, -0.1) is 0 Å². The molecule has 0 amide bonds. The molecule has 0 unspecified atom stereocenters. The molecule has 0 aliphatic heterocycles. The van der Waals surface area contributed by atoms with E-state index in [0.29, 0.717) is 6.42 Å². The first-order valence-electron chi connectivity index (χ1n) is 10.0. The molecular formula is C26H20N4O. The topological polar surface area (TPSA) is 73.9 Å². The second kappa shape index (κ2) is 8.24. The number of fused-ring (bicyclic) bond motifs is 1. The SMILES string of the molecule is Nc1nc(Cc2ccccc2)c2nc(-c3ccc(Oc4ccccc4)cc3)ccc2n1. The van der Waals surface area contributed by atoms with E-state index in [2.05, 4.69) is 22.1 Å². The summed E-state index contributed by atoms with van der Waals surface area (Å²) in [5.41, 5.74) is 11.3. The number of pyridine rings is 1. The van der Waals surface area contributed by atoms with Crippen LogP contribution in [0, 0.1) is 0 Å². The van der Waals surface area contributed by atoms with Crippen molar-refractivity contribution >= 4 is 17.0 Å². The van der Waals surface area contributed by atoms with Crippen molar-refractivity contribution in [3.05, 3.63) is 108 Å². The fourth-order valence-corrected chi connectivity index (χ4v) is 3.49. The molecule has 5 rings (SSSR count). The normalized spacial score (nSPS) is 10.8. The van der Waals surface area contributed by atoms with Crippen LogP contribution in [0.1, 0.15) is 11.3 Å². The van der Waals surface area contributed by atoms with Crippen molar-refractivity contribution < 1.29 is 4.74 Å². The smallest absolute Gasteiger partial charge is 0.220 e. The summed E-state index contributed by atoms with van der Waals surface area (Å²) < 4.78 is 5.88. The maximum atomic E-state index is 5.94. The number of nitrogen functional groups attached to an aromatic ring is 1. The van der Waals surface area contributed by atoms with Crippen molar-refractivity contribution in [1.82, 2.24) is 15.0 Å². The van der Waals surface area contributed by atoms with Crippen LogP contribution in [-0.2, 0) is 6.42 Å². The Morgan fingerprint density at radius 1 is 0.645 bits per heavy atom. The number of para-hydroxylation sites is 1. The van der Waals surface area contributed by atoms with Crippen LogP contribution in [0.15, 0.2) is 97.1 Å². The predicted molar refractivity (Wildman–Crippen MR) is 123 cm³/mol. The Morgan fingerprint density at radius 3 is 2.06 bits per heavy atom. The van der Waals surface area contributed by atoms with Gasteiger partial charge in [-0.2, -0.15) is 0 Å². The predicted octanol–water partition coefficient (Wildman–Crippen LogP) is 5.66. The lowest BCUT2D eigenvalue weighted by atomic mass is 10.1. The Bertz CT molecular complexity index is 1320. The fourth-order valence-electron chi connectivity index (χ4n) is 3.49. The van der Waals surface area contributed by atoms with Crippen LogP contribution in [-0.4, -0.2) is 15.0 Å². The van der Waals surface area contributed by atoms with Gasteiger partial charge < -0.3 is 10.5 Å². The number of aromatic nitrogens is 3. The maximum Gasteiger partial charge on any atom is 0.220 e. The van der Waals surface area contributed by atoms with Crippen LogP contribution >= 0.6 is 0 Å². The van der Waals surface area contributed by atoms with Gasteiger partial charge in [0, 0.05) is 12.0 Å². The van der Waals surface area contributed by atoms with Gasteiger partial charge in [-0.1, -0.05) is 48.5 Å². The molecule has 0 bridgehead atoms. The molecule has 0 fully saturated rings. The lowest BCUT2D eigenvalue weighted by Gasteiger charge is -2.09. The van der Waals surface area contributed by atoms with Gasteiger partial charge in [-0.05, 0) is 54.1 Å². The van der Waals surface area contributed by atoms with E-state index in [4.69, 9.17) is 15.5 Å². The second-order valence-electron chi connectivity index (χ2n) is 7.19. The monoisotopic (exact) mass is 404 g/mol. The van der Waals surface area contributed by atoms with Crippen LogP contribution in [0.5, 0.6) is 11.5 Å². The molecule has 0 aliphatic rings. The first-order valence-corrected chi connectivity index (χ1v) is 10.0. The summed E-state index contributed by atoms with van der Waals surface area (Å²) >= 11 is 0. The highest BCUT2D eigenvalue weighted by Gasteiger charge is 2.11. The molecule has 31 heavy (non-hydrogen) atoms. The summed E-state index contributed by atoms with van der Waals surface area (Å²) in [6, 6.07) is 31.7. The van der Waals surface area contributed by atoms with E-state index < -0.39 is 0 Å². The molecule has 2 heterocycles. The lowest BCUT2D eigenvalue weighted by molar-refractivity contribution is 0.483. The maximum absolute atomic E-state index is 5.94. The molecule has 0 radical (unpaired) electrons. The van der Waals surface area contributed by atoms with Crippen LogP contribution < -0.4 is 10.5 Å². The summed E-state index contributed by atoms with van der Waals surface area (Å²) in [5.74, 6) is 1.84. The third-order valence-corrected chi connectivity index (χ3v) is 4.98. The van der Waals surface area contributed by atoms with Gasteiger partial charge in [-0.25, -0.2) is 15.0 Å². The summed E-state index contributed by atoms with van der Waals surface area (Å²) in [4.78, 5) is 13.7. The van der Waals surface area contributed by atoms with Crippen LogP contribution in [0.2, 0.25) is 0 Å². The number of hydrogen-bond donors (Lipinski definition) is 1. The molecule has 5 heteroatoms. The third kappa shape index (κ3) is 4.21. The van der Waals surface area contributed by atoms with E-state index in [1.807, 2.05) is 84.9 Å². The van der Waals surface area contributed by atoms with E-state index in [1.54, 1.807) is 0 Å². The minimum Gasteiger partial charge on any atom is -0.457 e. The highest BCUT2D eigenvalue weighted by Crippen LogP contribution is 2.27. The first kappa shape index (κ1) is 18.8. The molecule has 3 aromatic carbocycles. The molecular weight excluding hydrogens is 384 g/mol. The largest absolute Gasteiger partial charge is 0.457 e. The van der Waals surface area contributed by atoms with Gasteiger partial charge >= 0.3 is 0 Å². The average Bonchev–Trinajstić information content (AvgIpc) is 2.81. The number of benzene rings is 3. The minimum atomic E-state index is 0.260. The third-order valence-electron chi connectivity index (χ3n) is 4.98. The van der Waals surface area contributed by atoms with Crippen molar-refractivity contribution in [2.45, 2.75) is 6.42 Å². The van der Waals surface area contributed by atoms with Gasteiger partial charge in [-0.3, -0.25) is 0 Å².